The minimum Gasteiger partial charge on any atom is -0.497 e. The lowest BCUT2D eigenvalue weighted by Crippen LogP contribution is -2.61. The van der Waals surface area contributed by atoms with Gasteiger partial charge >= 0.3 is 23.9 Å². The van der Waals surface area contributed by atoms with Crippen LogP contribution in [0.5, 0.6) is 5.75 Å². The molecule has 0 amide bonds. The van der Waals surface area contributed by atoms with Gasteiger partial charge in [-0.05, 0) is 48.9 Å². The van der Waals surface area contributed by atoms with Crippen molar-refractivity contribution in [1.82, 2.24) is 4.57 Å². The van der Waals surface area contributed by atoms with E-state index in [1.54, 1.807) is 23.8 Å². The number of rotatable bonds is 8. The summed E-state index contributed by atoms with van der Waals surface area (Å²) in [5.41, 5.74) is 3.31. The number of carbonyl (C=O) groups excluding carboxylic acids is 4. The Bertz CT molecular complexity index is 1540. The van der Waals surface area contributed by atoms with Crippen LogP contribution in [-0.4, -0.2) is 66.6 Å². The van der Waals surface area contributed by atoms with Crippen LogP contribution in [0.1, 0.15) is 63.6 Å². The predicted octanol–water partition coefficient (Wildman–Crippen LogP) is 3.90. The Hall–Kier alpha value is -4.28. The molecule has 0 saturated carbocycles. The van der Waals surface area contributed by atoms with E-state index in [1.165, 1.54) is 13.8 Å². The standard InChI is InChI=1S/C31H34N2O10S/c1-16(34)39-15-25-27(40-17(2)35)28(41-18(3)36)29(42-19(4)37)30(43-25)33-24-9-7-6-8-22(24)26(23(14-32)31(33)44)20-10-12-21(38-5)13-11-20/h10-13,25,27-30H,6-9,15H2,1-5H3. The number of esters is 4. The van der Waals surface area contributed by atoms with Gasteiger partial charge in [-0.2, -0.15) is 5.26 Å². The Morgan fingerprint density at radius 3 is 2.07 bits per heavy atom. The second-order valence-electron chi connectivity index (χ2n) is 10.5. The third-order valence-electron chi connectivity index (χ3n) is 7.43. The van der Waals surface area contributed by atoms with Crippen molar-refractivity contribution in [2.24, 2.45) is 0 Å². The van der Waals surface area contributed by atoms with E-state index < -0.39 is 54.5 Å². The van der Waals surface area contributed by atoms with Crippen LogP contribution < -0.4 is 4.74 Å². The molecule has 0 bridgehead atoms. The Morgan fingerprint density at radius 2 is 1.50 bits per heavy atom. The Labute approximate surface area is 259 Å². The fourth-order valence-electron chi connectivity index (χ4n) is 5.79. The van der Waals surface area contributed by atoms with Crippen LogP contribution in [0.25, 0.3) is 11.1 Å². The maximum Gasteiger partial charge on any atom is 0.303 e. The fourth-order valence-corrected chi connectivity index (χ4v) is 6.15. The van der Waals surface area contributed by atoms with Crippen molar-refractivity contribution in [1.29, 1.82) is 5.26 Å². The van der Waals surface area contributed by atoms with Crippen molar-refractivity contribution in [3.63, 3.8) is 0 Å². The number of benzene rings is 1. The van der Waals surface area contributed by atoms with Gasteiger partial charge in [0.1, 0.15) is 29.2 Å². The molecule has 234 valence electrons. The first-order chi connectivity index (χ1) is 21.0. The van der Waals surface area contributed by atoms with Crippen molar-refractivity contribution >= 4 is 36.1 Å². The number of ether oxygens (including phenoxy) is 6. The second-order valence-corrected chi connectivity index (χ2v) is 10.9. The molecule has 4 rings (SSSR count). The number of nitriles is 1. The largest absolute Gasteiger partial charge is 0.497 e. The summed E-state index contributed by atoms with van der Waals surface area (Å²) in [7, 11) is 1.57. The number of methoxy groups -OCH3 is 1. The zero-order valence-corrected chi connectivity index (χ0v) is 25.9. The summed E-state index contributed by atoms with van der Waals surface area (Å²) in [5, 5.41) is 10.4. The molecule has 0 spiro atoms. The molecule has 0 N–H and O–H groups in total. The SMILES string of the molecule is COc1ccc(-c2c3c(n(C4OC(COC(C)=O)C(OC(C)=O)C(OC(C)=O)C4OC(C)=O)c(=S)c2C#N)CCCC3)cc1. The van der Waals surface area contributed by atoms with E-state index in [2.05, 4.69) is 6.07 Å². The van der Waals surface area contributed by atoms with E-state index >= 15 is 0 Å². The molecular formula is C31H34N2O10S. The molecule has 12 nitrogen and oxygen atoms in total. The zero-order valence-electron chi connectivity index (χ0n) is 25.1. The molecule has 1 aliphatic heterocycles. The van der Waals surface area contributed by atoms with Gasteiger partial charge in [0.05, 0.1) is 12.7 Å². The lowest BCUT2D eigenvalue weighted by Gasteiger charge is -2.46. The molecule has 5 unspecified atom stereocenters. The highest BCUT2D eigenvalue weighted by atomic mass is 32.1. The Balaban J connectivity index is 1.98. The number of carbonyl (C=O) groups is 4. The first-order valence-electron chi connectivity index (χ1n) is 14.1. The van der Waals surface area contributed by atoms with E-state index in [0.29, 0.717) is 24.2 Å². The van der Waals surface area contributed by atoms with E-state index in [0.717, 1.165) is 43.5 Å². The van der Waals surface area contributed by atoms with Crippen LogP contribution in [0.15, 0.2) is 24.3 Å². The number of nitrogens with zero attached hydrogens (tertiary/aromatic N) is 2. The molecule has 1 aromatic heterocycles. The van der Waals surface area contributed by atoms with Gasteiger partial charge in [0.15, 0.2) is 24.5 Å². The lowest BCUT2D eigenvalue weighted by molar-refractivity contribution is -0.269. The number of fused-ring (bicyclic) bond motifs is 1. The molecular weight excluding hydrogens is 592 g/mol. The van der Waals surface area contributed by atoms with Gasteiger partial charge in [-0.25, -0.2) is 0 Å². The normalized spacial score (nSPS) is 22.5. The minimum absolute atomic E-state index is 0.111. The Morgan fingerprint density at radius 1 is 0.909 bits per heavy atom. The van der Waals surface area contributed by atoms with Crippen LogP contribution in [-0.2, 0) is 55.7 Å². The summed E-state index contributed by atoms with van der Waals surface area (Å²) in [4.78, 5) is 48.7. The summed E-state index contributed by atoms with van der Waals surface area (Å²) in [5.74, 6) is -2.16. The zero-order chi connectivity index (χ0) is 32.1. The number of hydrogen-bond acceptors (Lipinski definition) is 12. The average molecular weight is 627 g/mol. The first kappa shape index (κ1) is 32.6. The quantitative estimate of drug-likeness (QED) is 0.237. The molecule has 13 heteroatoms. The van der Waals surface area contributed by atoms with Gasteiger partial charge in [-0.3, -0.25) is 19.2 Å². The molecule has 1 saturated heterocycles. The van der Waals surface area contributed by atoms with Gasteiger partial charge in [0, 0.05) is 39.0 Å². The van der Waals surface area contributed by atoms with Crippen molar-refractivity contribution in [3.05, 3.63) is 45.7 Å². The average Bonchev–Trinajstić information content (AvgIpc) is 2.97. The molecule has 0 radical (unpaired) electrons. The second kappa shape index (κ2) is 14.0. The van der Waals surface area contributed by atoms with E-state index in [1.807, 2.05) is 12.1 Å². The molecule has 2 aliphatic rings. The van der Waals surface area contributed by atoms with E-state index in [-0.39, 0.29) is 16.8 Å². The van der Waals surface area contributed by atoms with Gasteiger partial charge in [-0.15, -0.1) is 0 Å². The van der Waals surface area contributed by atoms with Crippen LogP contribution in [0.3, 0.4) is 0 Å². The molecule has 2 aromatic rings. The highest BCUT2D eigenvalue weighted by Gasteiger charge is 2.53. The maximum absolute atomic E-state index is 12.4. The van der Waals surface area contributed by atoms with Gasteiger partial charge < -0.3 is 33.0 Å². The molecule has 5 atom stereocenters. The van der Waals surface area contributed by atoms with E-state index in [4.69, 9.17) is 40.6 Å². The summed E-state index contributed by atoms with van der Waals surface area (Å²) in [6.07, 6.45) is -3.58. The van der Waals surface area contributed by atoms with E-state index in [9.17, 15) is 24.4 Å². The van der Waals surface area contributed by atoms with Crippen molar-refractivity contribution < 1.29 is 47.6 Å². The Kier molecular flexibility index (Phi) is 10.4. The number of hydrogen-bond donors (Lipinski definition) is 0. The molecule has 1 fully saturated rings. The monoisotopic (exact) mass is 626 g/mol. The summed E-state index contributed by atoms with van der Waals surface area (Å²) >= 11 is 5.95. The van der Waals surface area contributed by atoms with Gasteiger partial charge in [0.2, 0.25) is 0 Å². The summed E-state index contributed by atoms with van der Waals surface area (Å²) in [6, 6.07) is 9.58. The highest BCUT2D eigenvalue weighted by Crippen LogP contribution is 2.41. The molecule has 1 aliphatic carbocycles. The van der Waals surface area contributed by atoms with Gasteiger partial charge in [0.25, 0.3) is 0 Å². The van der Waals surface area contributed by atoms with Crippen molar-refractivity contribution in [2.45, 2.75) is 84.0 Å². The molecule has 44 heavy (non-hydrogen) atoms. The predicted molar refractivity (Wildman–Crippen MR) is 156 cm³/mol. The van der Waals surface area contributed by atoms with Crippen LogP contribution in [0, 0.1) is 16.0 Å². The van der Waals surface area contributed by atoms with Crippen LogP contribution in [0.2, 0.25) is 0 Å². The van der Waals surface area contributed by atoms with Crippen molar-refractivity contribution in [2.75, 3.05) is 13.7 Å². The smallest absolute Gasteiger partial charge is 0.303 e. The minimum atomic E-state index is -1.37. The maximum atomic E-state index is 12.4. The lowest BCUT2D eigenvalue weighted by atomic mass is 9.86. The van der Waals surface area contributed by atoms with Crippen molar-refractivity contribution in [3.8, 4) is 22.9 Å². The highest BCUT2D eigenvalue weighted by molar-refractivity contribution is 7.71. The number of aromatic nitrogens is 1. The fraction of sp³-hybridized carbons (Fsp3) is 0.484. The molecule has 2 heterocycles. The van der Waals surface area contributed by atoms with Crippen LogP contribution >= 0.6 is 12.2 Å². The summed E-state index contributed by atoms with van der Waals surface area (Å²) < 4.78 is 35.6. The number of pyridine rings is 1. The van der Waals surface area contributed by atoms with Gasteiger partial charge in [-0.1, -0.05) is 24.4 Å². The molecule has 1 aromatic carbocycles. The van der Waals surface area contributed by atoms with Crippen LogP contribution in [0.4, 0.5) is 0 Å². The summed E-state index contributed by atoms with van der Waals surface area (Å²) in [6.45, 7) is 4.32. The third-order valence-corrected chi connectivity index (χ3v) is 7.83. The third kappa shape index (κ3) is 6.92. The topological polar surface area (TPSA) is 152 Å². The first-order valence-corrected chi connectivity index (χ1v) is 14.5.